The van der Waals surface area contributed by atoms with Crippen LogP contribution in [-0.4, -0.2) is 11.2 Å². The van der Waals surface area contributed by atoms with Crippen molar-refractivity contribution < 1.29 is 9.53 Å². The monoisotopic (exact) mass is 383 g/mol. The van der Waals surface area contributed by atoms with Gasteiger partial charge < -0.3 is 10.1 Å². The normalized spacial score (nSPS) is 10.0. The Morgan fingerprint density at radius 3 is 2.05 bits per heavy atom. The van der Waals surface area contributed by atoms with E-state index in [0.717, 1.165) is 21.7 Å². The van der Waals surface area contributed by atoms with Gasteiger partial charge in [0.1, 0.15) is 11.5 Å². The van der Waals surface area contributed by atoms with Crippen LogP contribution in [0.2, 0.25) is 0 Å². The van der Waals surface area contributed by atoms with Gasteiger partial charge in [-0.2, -0.15) is 0 Å². The summed E-state index contributed by atoms with van der Waals surface area (Å²) in [6, 6.07) is 14.8. The van der Waals surface area contributed by atoms with E-state index in [9.17, 15) is 4.79 Å². The fourth-order valence-corrected chi connectivity index (χ4v) is 1.84. The number of ether oxygens (including phenoxy) is 1. The van der Waals surface area contributed by atoms with Gasteiger partial charge in [0, 0.05) is 10.2 Å². The lowest BCUT2D eigenvalue weighted by molar-refractivity contribution is -0.113. The quantitative estimate of drug-likeness (QED) is 0.783. The van der Waals surface area contributed by atoms with E-state index in [1.54, 1.807) is 12.1 Å². The molecule has 0 spiro atoms. The van der Waals surface area contributed by atoms with E-state index in [4.69, 9.17) is 4.74 Å². The van der Waals surface area contributed by atoms with Gasteiger partial charge in [0.25, 0.3) is 0 Å². The first-order valence-electron chi connectivity index (χ1n) is 5.56. The van der Waals surface area contributed by atoms with E-state index in [1.165, 1.54) is 0 Å². The molecule has 98 valence electrons. The molecule has 0 atom stereocenters. The Morgan fingerprint density at radius 2 is 1.53 bits per heavy atom. The van der Waals surface area contributed by atoms with Gasteiger partial charge in [-0.15, -0.1) is 0 Å². The number of carbonyl (C=O) groups is 1. The van der Waals surface area contributed by atoms with E-state index in [2.05, 4.69) is 37.2 Å². The number of alkyl halides is 1. The summed E-state index contributed by atoms with van der Waals surface area (Å²) < 4.78 is 6.68. The molecule has 19 heavy (non-hydrogen) atoms. The van der Waals surface area contributed by atoms with Crippen LogP contribution in [0, 0.1) is 0 Å². The third-order valence-corrected chi connectivity index (χ3v) is 3.35. The fourth-order valence-electron chi connectivity index (χ4n) is 1.44. The fraction of sp³-hybridized carbons (Fsp3) is 0.0714. The number of hydrogen-bond acceptors (Lipinski definition) is 2. The number of carbonyl (C=O) groups excluding carboxylic acids is 1. The number of halogens is 2. The molecule has 2 rings (SSSR count). The summed E-state index contributed by atoms with van der Waals surface area (Å²) in [6.07, 6.45) is 0. The summed E-state index contributed by atoms with van der Waals surface area (Å²) in [5.41, 5.74) is 0.743. The van der Waals surface area contributed by atoms with Crippen molar-refractivity contribution >= 4 is 43.5 Å². The average molecular weight is 385 g/mol. The molecule has 0 radical (unpaired) electrons. The van der Waals surface area contributed by atoms with Crippen LogP contribution in [0.4, 0.5) is 5.69 Å². The molecule has 0 aliphatic heterocycles. The zero-order valence-corrected chi connectivity index (χ0v) is 13.1. The number of anilines is 1. The first-order chi connectivity index (χ1) is 9.17. The number of rotatable bonds is 4. The van der Waals surface area contributed by atoms with E-state index in [-0.39, 0.29) is 11.2 Å². The van der Waals surface area contributed by atoms with Crippen LogP contribution in [0.5, 0.6) is 11.5 Å². The maximum absolute atomic E-state index is 11.2. The standard InChI is InChI=1S/C14H11Br2NO2/c15-9-14(18)17-11-3-7-13(8-4-11)19-12-5-1-10(16)2-6-12/h1-8H,9H2,(H,17,18). The zero-order valence-electron chi connectivity index (χ0n) is 9.90. The molecule has 0 aromatic heterocycles. The lowest BCUT2D eigenvalue weighted by Gasteiger charge is -2.07. The van der Waals surface area contributed by atoms with E-state index in [1.807, 2.05) is 36.4 Å². The van der Waals surface area contributed by atoms with Gasteiger partial charge in [-0.1, -0.05) is 31.9 Å². The Bertz CT molecular complexity index is 553. The Morgan fingerprint density at radius 1 is 1.00 bits per heavy atom. The molecular formula is C14H11Br2NO2. The molecule has 2 aromatic rings. The SMILES string of the molecule is O=C(CBr)Nc1ccc(Oc2ccc(Br)cc2)cc1. The molecule has 1 amide bonds. The molecule has 0 saturated heterocycles. The summed E-state index contributed by atoms with van der Waals surface area (Å²) in [5, 5.41) is 3.02. The highest BCUT2D eigenvalue weighted by molar-refractivity contribution is 9.10. The van der Waals surface area contributed by atoms with Crippen molar-refractivity contribution in [1.82, 2.24) is 0 Å². The Labute approximate surface area is 128 Å². The maximum Gasteiger partial charge on any atom is 0.235 e. The van der Waals surface area contributed by atoms with Gasteiger partial charge in [-0.05, 0) is 48.5 Å². The minimum Gasteiger partial charge on any atom is -0.457 e. The third kappa shape index (κ3) is 4.36. The smallest absolute Gasteiger partial charge is 0.235 e. The maximum atomic E-state index is 11.2. The second-order valence-electron chi connectivity index (χ2n) is 3.76. The minimum absolute atomic E-state index is 0.0819. The highest BCUT2D eigenvalue weighted by Crippen LogP contribution is 2.24. The Hall–Kier alpha value is -1.33. The highest BCUT2D eigenvalue weighted by Gasteiger charge is 2.01. The molecule has 3 nitrogen and oxygen atoms in total. The van der Waals surface area contributed by atoms with E-state index < -0.39 is 0 Å². The lowest BCUT2D eigenvalue weighted by atomic mass is 10.3. The number of hydrogen-bond donors (Lipinski definition) is 1. The molecule has 0 bridgehead atoms. The molecule has 1 N–H and O–H groups in total. The Kier molecular flexibility index (Phi) is 4.99. The number of amides is 1. The summed E-state index contributed by atoms with van der Waals surface area (Å²) in [6.45, 7) is 0. The number of nitrogens with one attached hydrogen (secondary N) is 1. The van der Waals surface area contributed by atoms with Gasteiger partial charge in [-0.25, -0.2) is 0 Å². The van der Waals surface area contributed by atoms with E-state index in [0.29, 0.717) is 0 Å². The van der Waals surface area contributed by atoms with Crippen LogP contribution in [-0.2, 0) is 4.79 Å². The van der Waals surface area contributed by atoms with Gasteiger partial charge >= 0.3 is 0 Å². The lowest BCUT2D eigenvalue weighted by Crippen LogP contribution is -2.11. The molecule has 0 saturated carbocycles. The largest absolute Gasteiger partial charge is 0.457 e. The molecule has 0 aliphatic carbocycles. The number of benzene rings is 2. The van der Waals surface area contributed by atoms with Crippen LogP contribution < -0.4 is 10.1 Å². The average Bonchev–Trinajstić information content (AvgIpc) is 2.43. The summed E-state index contributed by atoms with van der Waals surface area (Å²) in [4.78, 5) is 11.2. The second kappa shape index (κ2) is 6.73. The molecule has 5 heteroatoms. The van der Waals surface area contributed by atoms with Gasteiger partial charge in [0.05, 0.1) is 5.33 Å². The van der Waals surface area contributed by atoms with Crippen molar-refractivity contribution in [1.29, 1.82) is 0 Å². The first kappa shape index (κ1) is 14.1. The molecule has 0 heterocycles. The van der Waals surface area contributed by atoms with Crippen molar-refractivity contribution in [3.05, 3.63) is 53.0 Å². The predicted octanol–water partition coefficient (Wildman–Crippen LogP) is 4.57. The molecule has 0 unspecified atom stereocenters. The zero-order chi connectivity index (χ0) is 13.7. The highest BCUT2D eigenvalue weighted by atomic mass is 79.9. The van der Waals surface area contributed by atoms with Crippen LogP contribution in [0.1, 0.15) is 0 Å². The van der Waals surface area contributed by atoms with Gasteiger partial charge in [-0.3, -0.25) is 4.79 Å². The predicted molar refractivity (Wildman–Crippen MR) is 83.1 cm³/mol. The summed E-state index contributed by atoms with van der Waals surface area (Å²) in [5.74, 6) is 1.40. The van der Waals surface area contributed by atoms with Crippen LogP contribution in [0.15, 0.2) is 53.0 Å². The molecule has 0 aliphatic rings. The first-order valence-corrected chi connectivity index (χ1v) is 7.48. The van der Waals surface area contributed by atoms with Crippen LogP contribution in [0.3, 0.4) is 0 Å². The van der Waals surface area contributed by atoms with Crippen LogP contribution in [0.25, 0.3) is 0 Å². The van der Waals surface area contributed by atoms with Crippen molar-refractivity contribution in [2.75, 3.05) is 10.6 Å². The molecule has 0 fully saturated rings. The third-order valence-electron chi connectivity index (χ3n) is 2.31. The minimum atomic E-state index is -0.0819. The Balaban J connectivity index is 2.02. The van der Waals surface area contributed by atoms with Crippen molar-refractivity contribution in [3.63, 3.8) is 0 Å². The van der Waals surface area contributed by atoms with Gasteiger partial charge in [0.15, 0.2) is 0 Å². The van der Waals surface area contributed by atoms with Crippen molar-refractivity contribution in [2.24, 2.45) is 0 Å². The summed E-state index contributed by atoms with van der Waals surface area (Å²) in [7, 11) is 0. The summed E-state index contributed by atoms with van der Waals surface area (Å²) >= 11 is 6.47. The molecular weight excluding hydrogens is 374 g/mol. The van der Waals surface area contributed by atoms with E-state index >= 15 is 0 Å². The van der Waals surface area contributed by atoms with Crippen molar-refractivity contribution in [2.45, 2.75) is 0 Å². The second-order valence-corrected chi connectivity index (χ2v) is 5.24. The van der Waals surface area contributed by atoms with Crippen molar-refractivity contribution in [3.8, 4) is 11.5 Å². The topological polar surface area (TPSA) is 38.3 Å². The van der Waals surface area contributed by atoms with Gasteiger partial charge in [0.2, 0.25) is 5.91 Å². The molecule has 2 aromatic carbocycles. The van der Waals surface area contributed by atoms with Crippen LogP contribution >= 0.6 is 31.9 Å².